The fourth-order valence-electron chi connectivity index (χ4n) is 4.35. The van der Waals surface area contributed by atoms with Crippen LogP contribution in [-0.4, -0.2) is 61.1 Å². The lowest BCUT2D eigenvalue weighted by Gasteiger charge is -2.20. The summed E-state index contributed by atoms with van der Waals surface area (Å²) in [6, 6.07) is 20.7. The second-order valence-corrected chi connectivity index (χ2v) is 9.88. The number of fused-ring (bicyclic) bond motifs is 1. The molecule has 1 amide bonds. The molecule has 3 aromatic carbocycles. The highest BCUT2D eigenvalue weighted by atomic mass is 35.5. The van der Waals surface area contributed by atoms with Crippen LogP contribution in [0.15, 0.2) is 66.7 Å². The molecule has 8 heteroatoms. The maximum atomic E-state index is 13.0. The summed E-state index contributed by atoms with van der Waals surface area (Å²) >= 11 is 6.11. The van der Waals surface area contributed by atoms with Gasteiger partial charge in [0.25, 0.3) is 11.8 Å². The highest BCUT2D eigenvalue weighted by Gasteiger charge is 2.21. The van der Waals surface area contributed by atoms with Gasteiger partial charge in [0.1, 0.15) is 6.61 Å². The zero-order chi connectivity index (χ0) is 25.8. The number of anilines is 2. The van der Waals surface area contributed by atoms with Crippen LogP contribution >= 0.6 is 11.6 Å². The van der Waals surface area contributed by atoms with Gasteiger partial charge in [0.15, 0.2) is 5.82 Å². The molecule has 0 radical (unpaired) electrons. The number of carbonyl (C=O) groups excluding carboxylic acids is 1. The van der Waals surface area contributed by atoms with Crippen molar-refractivity contribution in [1.29, 1.82) is 0 Å². The number of hydrogen-bond donors (Lipinski definition) is 1. The Morgan fingerprint density at radius 1 is 0.973 bits per heavy atom. The van der Waals surface area contributed by atoms with Gasteiger partial charge in [-0.25, -0.2) is 9.97 Å². The van der Waals surface area contributed by atoms with Gasteiger partial charge in [-0.2, -0.15) is 0 Å². The van der Waals surface area contributed by atoms with Crippen molar-refractivity contribution in [3.05, 3.63) is 77.3 Å². The van der Waals surface area contributed by atoms with E-state index in [-0.39, 0.29) is 5.91 Å². The fourth-order valence-corrected chi connectivity index (χ4v) is 4.54. The molecule has 0 spiro atoms. The predicted octanol–water partition coefficient (Wildman–Crippen LogP) is 5.74. The molecule has 2 heterocycles. The third-order valence-electron chi connectivity index (χ3n) is 6.36. The molecule has 0 atom stereocenters. The number of nitrogens with zero attached hydrogens (tertiary/aromatic N) is 4. The van der Waals surface area contributed by atoms with Crippen LogP contribution in [0.2, 0.25) is 5.02 Å². The minimum Gasteiger partial charge on any atom is -0.474 e. The monoisotopic (exact) mass is 515 g/mol. The average Bonchev–Trinajstić information content (AvgIpc) is 3.43. The van der Waals surface area contributed by atoms with Crippen molar-refractivity contribution in [3.8, 4) is 17.0 Å². The van der Waals surface area contributed by atoms with Crippen LogP contribution in [0.25, 0.3) is 22.2 Å². The van der Waals surface area contributed by atoms with Gasteiger partial charge in [0, 0.05) is 35.9 Å². The van der Waals surface area contributed by atoms with Gasteiger partial charge in [-0.3, -0.25) is 4.79 Å². The summed E-state index contributed by atoms with van der Waals surface area (Å²) in [5, 5.41) is 3.67. The molecule has 0 aliphatic carbocycles. The molecule has 0 saturated carbocycles. The van der Waals surface area contributed by atoms with Crippen molar-refractivity contribution in [1.82, 2.24) is 14.9 Å². The van der Waals surface area contributed by atoms with E-state index in [0.29, 0.717) is 28.8 Å². The average molecular weight is 516 g/mol. The largest absolute Gasteiger partial charge is 0.474 e. The number of ether oxygens (including phenoxy) is 1. The number of hydrogen-bond acceptors (Lipinski definition) is 6. The van der Waals surface area contributed by atoms with Crippen LogP contribution < -0.4 is 15.0 Å². The first-order valence-corrected chi connectivity index (χ1v) is 12.9. The molecule has 7 nitrogen and oxygen atoms in total. The van der Waals surface area contributed by atoms with Crippen molar-refractivity contribution < 1.29 is 9.53 Å². The van der Waals surface area contributed by atoms with Crippen LogP contribution in [0, 0.1) is 0 Å². The van der Waals surface area contributed by atoms with Gasteiger partial charge in [-0.15, -0.1) is 0 Å². The predicted molar refractivity (Wildman–Crippen MR) is 150 cm³/mol. The van der Waals surface area contributed by atoms with Crippen LogP contribution in [-0.2, 0) is 0 Å². The second-order valence-electron chi connectivity index (χ2n) is 9.44. The maximum absolute atomic E-state index is 13.0. The molecular weight excluding hydrogens is 486 g/mol. The topological polar surface area (TPSA) is 70.6 Å². The Balaban J connectivity index is 1.35. The van der Waals surface area contributed by atoms with Gasteiger partial charge in [-0.1, -0.05) is 35.9 Å². The van der Waals surface area contributed by atoms with Crippen molar-refractivity contribution >= 4 is 40.0 Å². The summed E-state index contributed by atoms with van der Waals surface area (Å²) in [6.07, 6.45) is 2.26. The van der Waals surface area contributed by atoms with Crippen molar-refractivity contribution in [2.24, 2.45) is 0 Å². The summed E-state index contributed by atoms with van der Waals surface area (Å²) in [4.78, 5) is 26.9. The quantitative estimate of drug-likeness (QED) is 0.322. The molecule has 1 aromatic heterocycles. The van der Waals surface area contributed by atoms with Crippen LogP contribution in [0.5, 0.6) is 5.88 Å². The molecule has 190 valence electrons. The Bertz CT molecular complexity index is 1400. The summed E-state index contributed by atoms with van der Waals surface area (Å²) in [5.74, 6) is 1.14. The third-order valence-corrected chi connectivity index (χ3v) is 6.60. The van der Waals surface area contributed by atoms with E-state index in [2.05, 4.69) is 15.1 Å². The lowest BCUT2D eigenvalue weighted by molar-refractivity contribution is 0.102. The first-order chi connectivity index (χ1) is 18.0. The zero-order valence-corrected chi connectivity index (χ0v) is 21.8. The van der Waals surface area contributed by atoms with E-state index in [9.17, 15) is 4.79 Å². The van der Waals surface area contributed by atoms with E-state index in [1.807, 2.05) is 80.8 Å². The Morgan fingerprint density at radius 3 is 2.49 bits per heavy atom. The fraction of sp³-hybridized carbons (Fsp3) is 0.276. The SMILES string of the molecule is CN(C)CCOc1nc2ccc(NC(=O)c3ccc(-c4cccc(Cl)c4)cc3)cc2nc1N1CCCC1. The van der Waals surface area contributed by atoms with E-state index in [1.165, 1.54) is 0 Å². The van der Waals surface area contributed by atoms with E-state index in [1.54, 1.807) is 0 Å². The van der Waals surface area contributed by atoms with Gasteiger partial charge in [-0.05, 0) is 80.5 Å². The van der Waals surface area contributed by atoms with Crippen molar-refractivity contribution in [2.75, 3.05) is 50.6 Å². The molecule has 5 rings (SSSR count). The van der Waals surface area contributed by atoms with Gasteiger partial charge in [0.05, 0.1) is 11.0 Å². The second kappa shape index (κ2) is 11.2. The minimum atomic E-state index is -0.187. The Morgan fingerprint density at radius 2 is 1.76 bits per heavy atom. The lowest BCUT2D eigenvalue weighted by Crippen LogP contribution is -2.23. The van der Waals surface area contributed by atoms with Crippen LogP contribution in [0.4, 0.5) is 11.5 Å². The van der Waals surface area contributed by atoms with Gasteiger partial charge in [0.2, 0.25) is 0 Å². The van der Waals surface area contributed by atoms with E-state index in [0.717, 1.165) is 60.5 Å². The zero-order valence-electron chi connectivity index (χ0n) is 21.1. The molecule has 1 saturated heterocycles. The summed E-state index contributed by atoms with van der Waals surface area (Å²) in [5.41, 5.74) is 4.69. The highest BCUT2D eigenvalue weighted by Crippen LogP contribution is 2.31. The number of halogens is 1. The van der Waals surface area contributed by atoms with Crippen molar-refractivity contribution in [2.45, 2.75) is 12.8 Å². The minimum absolute atomic E-state index is 0.187. The van der Waals surface area contributed by atoms with E-state index in [4.69, 9.17) is 26.3 Å². The Hall–Kier alpha value is -3.68. The normalized spacial score (nSPS) is 13.4. The summed E-state index contributed by atoms with van der Waals surface area (Å²) in [6.45, 7) is 3.21. The Labute approximate surface area is 222 Å². The van der Waals surface area contributed by atoms with Crippen LogP contribution in [0.1, 0.15) is 23.2 Å². The first-order valence-electron chi connectivity index (χ1n) is 12.5. The van der Waals surface area contributed by atoms with E-state index < -0.39 is 0 Å². The molecule has 1 aliphatic rings. The lowest BCUT2D eigenvalue weighted by atomic mass is 10.0. The summed E-state index contributed by atoms with van der Waals surface area (Å²) in [7, 11) is 4.03. The first kappa shape index (κ1) is 25.0. The summed E-state index contributed by atoms with van der Waals surface area (Å²) < 4.78 is 6.04. The number of rotatable bonds is 8. The van der Waals surface area contributed by atoms with E-state index >= 15 is 0 Å². The molecule has 4 aromatic rings. The van der Waals surface area contributed by atoms with Crippen molar-refractivity contribution in [3.63, 3.8) is 0 Å². The standard InChI is InChI=1S/C29H30ClN5O2/c1-34(2)16-17-37-29-27(35-14-3-4-15-35)32-26-19-24(12-13-25(26)33-29)31-28(36)21-10-8-20(9-11-21)22-6-5-7-23(30)18-22/h5-13,18-19H,3-4,14-17H2,1-2H3,(H,31,36). The number of nitrogens with one attached hydrogen (secondary N) is 1. The maximum Gasteiger partial charge on any atom is 0.258 e. The number of amides is 1. The molecule has 1 fully saturated rings. The molecule has 1 aliphatic heterocycles. The molecule has 1 N–H and O–H groups in total. The van der Waals surface area contributed by atoms with Gasteiger partial charge < -0.3 is 19.9 Å². The molecular formula is C29H30ClN5O2. The highest BCUT2D eigenvalue weighted by molar-refractivity contribution is 6.30. The molecule has 0 bridgehead atoms. The van der Waals surface area contributed by atoms with Gasteiger partial charge >= 0.3 is 0 Å². The Kier molecular flexibility index (Phi) is 7.53. The molecule has 37 heavy (non-hydrogen) atoms. The third kappa shape index (κ3) is 6.01. The van der Waals surface area contributed by atoms with Crippen LogP contribution in [0.3, 0.4) is 0 Å². The molecule has 0 unspecified atom stereocenters. The number of carbonyl (C=O) groups is 1. The smallest absolute Gasteiger partial charge is 0.258 e. The number of aromatic nitrogens is 2. The number of likely N-dealkylation sites (N-methyl/N-ethyl adjacent to an activating group) is 1. The number of benzene rings is 3.